The molecule has 1 atom stereocenters. The van der Waals surface area contributed by atoms with E-state index >= 15 is 0 Å². The van der Waals surface area contributed by atoms with Crippen LogP contribution in [0.25, 0.3) is 0 Å². The molecule has 3 N–H and O–H groups in total. The van der Waals surface area contributed by atoms with Crippen molar-refractivity contribution in [1.82, 2.24) is 14.8 Å². The molecule has 114 valence electrons. The fraction of sp³-hybridized carbons (Fsp3) is 0.385. The molecule has 1 heterocycles. The second kappa shape index (κ2) is 6.21. The maximum atomic E-state index is 13.7. The fourth-order valence-electron chi connectivity index (χ4n) is 2.86. The van der Waals surface area contributed by atoms with Crippen LogP contribution in [0.4, 0.5) is 8.78 Å². The first kappa shape index (κ1) is 16.1. The molecule has 4 nitrogen and oxygen atoms in total. The van der Waals surface area contributed by atoms with Crippen LogP contribution < -0.4 is 5.73 Å². The van der Waals surface area contributed by atoms with Gasteiger partial charge in [-0.3, -0.25) is 9.67 Å². The molecule has 0 spiro atoms. The molecule has 0 saturated carbocycles. The Hall–Kier alpha value is -1.31. The van der Waals surface area contributed by atoms with E-state index in [0.717, 1.165) is 12.5 Å². The van der Waals surface area contributed by atoms with Gasteiger partial charge in [-0.05, 0) is 48.7 Å². The Kier molecular flexibility index (Phi) is 4.75. The zero-order valence-corrected chi connectivity index (χ0v) is 12.7. The quantitative estimate of drug-likeness (QED) is 0.831. The van der Waals surface area contributed by atoms with Crippen molar-refractivity contribution in [3.8, 4) is 0 Å². The van der Waals surface area contributed by atoms with E-state index in [1.807, 2.05) is 4.57 Å². The van der Waals surface area contributed by atoms with Gasteiger partial charge in [0.15, 0.2) is 4.77 Å². The molecular formula is C13H15ClF2N4S. The van der Waals surface area contributed by atoms with Gasteiger partial charge in [-0.25, -0.2) is 8.78 Å². The summed E-state index contributed by atoms with van der Waals surface area (Å²) in [5.41, 5.74) is 6.95. The molecule has 0 aliphatic heterocycles. The van der Waals surface area contributed by atoms with Crippen LogP contribution in [0, 0.1) is 16.4 Å². The Bertz CT molecular complexity index is 713. The van der Waals surface area contributed by atoms with Crippen molar-refractivity contribution >= 4 is 24.6 Å². The second-order valence-electron chi connectivity index (χ2n) is 4.94. The van der Waals surface area contributed by atoms with Gasteiger partial charge in [-0.2, -0.15) is 5.10 Å². The highest BCUT2D eigenvalue weighted by Crippen LogP contribution is 2.31. The number of H-pyrrole nitrogens is 1. The highest BCUT2D eigenvalue weighted by Gasteiger charge is 2.25. The monoisotopic (exact) mass is 332 g/mol. The summed E-state index contributed by atoms with van der Waals surface area (Å²) in [6.45, 7) is 0.272. The highest BCUT2D eigenvalue weighted by molar-refractivity contribution is 7.71. The summed E-state index contributed by atoms with van der Waals surface area (Å²) in [5.74, 6) is -0.342. The molecule has 0 radical (unpaired) electrons. The lowest BCUT2D eigenvalue weighted by Gasteiger charge is -2.26. The largest absolute Gasteiger partial charge is 0.324 e. The first-order valence-corrected chi connectivity index (χ1v) is 6.83. The summed E-state index contributed by atoms with van der Waals surface area (Å²) in [7, 11) is 0. The molecule has 1 aliphatic rings. The molecule has 0 amide bonds. The number of benzene rings is 1. The Morgan fingerprint density at radius 1 is 1.43 bits per heavy atom. The van der Waals surface area contributed by atoms with Crippen LogP contribution in [-0.2, 0) is 19.4 Å². The number of aromatic nitrogens is 3. The van der Waals surface area contributed by atoms with Crippen LogP contribution in [0.2, 0.25) is 0 Å². The van der Waals surface area contributed by atoms with Gasteiger partial charge in [0.25, 0.3) is 0 Å². The Labute approximate surface area is 131 Å². The van der Waals surface area contributed by atoms with Crippen molar-refractivity contribution in [2.24, 2.45) is 5.73 Å². The van der Waals surface area contributed by atoms with Crippen LogP contribution in [0.15, 0.2) is 12.1 Å². The van der Waals surface area contributed by atoms with Crippen molar-refractivity contribution in [2.45, 2.75) is 31.8 Å². The molecule has 0 unspecified atom stereocenters. The van der Waals surface area contributed by atoms with E-state index in [1.54, 1.807) is 0 Å². The van der Waals surface area contributed by atoms with E-state index in [2.05, 4.69) is 10.2 Å². The summed E-state index contributed by atoms with van der Waals surface area (Å²) in [6.07, 6.45) is 1.82. The van der Waals surface area contributed by atoms with E-state index in [-0.39, 0.29) is 25.0 Å². The molecule has 8 heteroatoms. The number of nitrogens with two attached hydrogens (primary N) is 1. The van der Waals surface area contributed by atoms with Gasteiger partial charge in [0.2, 0.25) is 0 Å². The predicted molar refractivity (Wildman–Crippen MR) is 80.0 cm³/mol. The van der Waals surface area contributed by atoms with Crippen molar-refractivity contribution in [3.63, 3.8) is 0 Å². The van der Waals surface area contributed by atoms with Gasteiger partial charge in [-0.1, -0.05) is 0 Å². The minimum Gasteiger partial charge on any atom is -0.324 e. The standard InChI is InChI=1S/C13H14F2N4S.ClH/c14-8-3-7-4-9(1-2-10(7)11(15)5-8)19-12(6-16)17-18-13(19)20;/h3,5,9H,1-2,4,6,16H2,(H,18,20);1H/t9-;/m0./s1. The maximum Gasteiger partial charge on any atom is 0.195 e. The van der Waals surface area contributed by atoms with E-state index in [0.29, 0.717) is 34.6 Å². The lowest BCUT2D eigenvalue weighted by molar-refractivity contribution is 0.414. The molecule has 1 aromatic heterocycles. The average Bonchev–Trinajstić information content (AvgIpc) is 2.78. The van der Waals surface area contributed by atoms with Crippen molar-refractivity contribution in [3.05, 3.63) is 45.5 Å². The first-order chi connectivity index (χ1) is 9.60. The van der Waals surface area contributed by atoms with Crippen molar-refractivity contribution in [2.75, 3.05) is 0 Å². The van der Waals surface area contributed by atoms with Gasteiger partial charge in [0.1, 0.15) is 17.5 Å². The fourth-order valence-corrected chi connectivity index (χ4v) is 3.16. The third kappa shape index (κ3) is 2.86. The molecule has 3 rings (SSSR count). The predicted octanol–water partition coefficient (Wildman–Crippen LogP) is 2.83. The number of nitrogens with zero attached hydrogens (tertiary/aromatic N) is 2. The summed E-state index contributed by atoms with van der Waals surface area (Å²) in [6, 6.07) is 2.37. The number of rotatable bonds is 2. The summed E-state index contributed by atoms with van der Waals surface area (Å²) < 4.78 is 29.4. The number of nitrogens with one attached hydrogen (secondary N) is 1. The Morgan fingerprint density at radius 2 is 2.19 bits per heavy atom. The van der Waals surface area contributed by atoms with Crippen LogP contribution in [0.5, 0.6) is 0 Å². The zero-order chi connectivity index (χ0) is 14.3. The number of halogens is 3. The Balaban J connectivity index is 0.00000161. The maximum absolute atomic E-state index is 13.7. The third-order valence-corrected chi connectivity index (χ3v) is 4.05. The average molecular weight is 333 g/mol. The summed E-state index contributed by atoms with van der Waals surface area (Å²) in [4.78, 5) is 0. The Morgan fingerprint density at radius 3 is 2.90 bits per heavy atom. The molecule has 21 heavy (non-hydrogen) atoms. The molecule has 0 bridgehead atoms. The zero-order valence-electron chi connectivity index (χ0n) is 11.1. The van der Waals surface area contributed by atoms with E-state index in [4.69, 9.17) is 18.0 Å². The lowest BCUT2D eigenvalue weighted by atomic mass is 9.87. The number of hydrogen-bond donors (Lipinski definition) is 2. The van der Waals surface area contributed by atoms with E-state index in [1.165, 1.54) is 6.07 Å². The van der Waals surface area contributed by atoms with Gasteiger partial charge >= 0.3 is 0 Å². The number of aromatic amines is 1. The molecule has 2 aromatic rings. The summed E-state index contributed by atoms with van der Waals surface area (Å²) >= 11 is 5.21. The van der Waals surface area contributed by atoms with Crippen molar-refractivity contribution in [1.29, 1.82) is 0 Å². The topological polar surface area (TPSA) is 59.6 Å². The van der Waals surface area contributed by atoms with Gasteiger partial charge in [-0.15, -0.1) is 12.4 Å². The highest BCUT2D eigenvalue weighted by atomic mass is 35.5. The minimum atomic E-state index is -0.545. The third-order valence-electron chi connectivity index (χ3n) is 3.76. The van der Waals surface area contributed by atoms with Gasteiger partial charge in [0, 0.05) is 12.1 Å². The number of hydrogen-bond acceptors (Lipinski definition) is 3. The SMILES string of the molecule is Cl.NCc1n[nH]c(=S)n1[C@H]1CCc2c(F)cc(F)cc2C1. The molecule has 0 saturated heterocycles. The van der Waals surface area contributed by atoms with E-state index in [9.17, 15) is 8.78 Å². The second-order valence-corrected chi connectivity index (χ2v) is 5.33. The molecule has 1 aromatic carbocycles. The van der Waals surface area contributed by atoms with E-state index < -0.39 is 11.6 Å². The van der Waals surface area contributed by atoms with Gasteiger partial charge in [0.05, 0.1) is 6.54 Å². The molecule has 1 aliphatic carbocycles. The van der Waals surface area contributed by atoms with Crippen LogP contribution in [-0.4, -0.2) is 14.8 Å². The molecular weight excluding hydrogens is 318 g/mol. The number of fused-ring (bicyclic) bond motifs is 1. The van der Waals surface area contributed by atoms with Crippen LogP contribution >= 0.6 is 24.6 Å². The molecule has 0 fully saturated rings. The smallest absolute Gasteiger partial charge is 0.195 e. The normalized spacial score (nSPS) is 17.2. The van der Waals surface area contributed by atoms with Crippen molar-refractivity contribution < 1.29 is 8.78 Å². The lowest BCUT2D eigenvalue weighted by Crippen LogP contribution is -2.22. The first-order valence-electron chi connectivity index (χ1n) is 6.42. The van der Waals surface area contributed by atoms with Crippen LogP contribution in [0.1, 0.15) is 29.4 Å². The minimum absolute atomic E-state index is 0. The van der Waals surface area contributed by atoms with Crippen LogP contribution in [0.3, 0.4) is 0 Å². The summed E-state index contributed by atoms with van der Waals surface area (Å²) in [5, 5.41) is 6.79. The van der Waals surface area contributed by atoms with Gasteiger partial charge < -0.3 is 5.73 Å².